The molecule has 6 atom stereocenters. The van der Waals surface area contributed by atoms with Crippen molar-refractivity contribution in [1.29, 1.82) is 0 Å². The van der Waals surface area contributed by atoms with Crippen molar-refractivity contribution in [3.63, 3.8) is 0 Å². The average molecular weight is 680 g/mol. The quantitative estimate of drug-likeness (QED) is 0.145. The van der Waals surface area contributed by atoms with Gasteiger partial charge in [0.25, 0.3) is 11.8 Å². The van der Waals surface area contributed by atoms with Gasteiger partial charge in [-0.15, -0.1) is 0 Å². The summed E-state index contributed by atoms with van der Waals surface area (Å²) in [4.78, 5) is 69.8. The molecule has 2 aliphatic carbocycles. The van der Waals surface area contributed by atoms with Gasteiger partial charge in [-0.25, -0.2) is 4.39 Å². The van der Waals surface area contributed by atoms with Crippen LogP contribution in [-0.2, 0) is 29.4 Å². The maximum absolute atomic E-state index is 15.2. The summed E-state index contributed by atoms with van der Waals surface area (Å²) in [6.45, 7) is 2.09. The number of carboxylic acid groups (broad SMARTS) is 1. The number of fused-ring (bicyclic) bond motifs is 4. The zero-order valence-corrected chi connectivity index (χ0v) is 27.6. The number of anilines is 1. The van der Waals surface area contributed by atoms with E-state index >= 15 is 9.18 Å². The molecule has 3 aromatic carbocycles. The van der Waals surface area contributed by atoms with Crippen LogP contribution in [-0.4, -0.2) is 56.3 Å². The van der Waals surface area contributed by atoms with Crippen molar-refractivity contribution in [3.05, 3.63) is 107 Å². The molecule has 258 valence electrons. The number of carboxylic acids is 1. The Morgan fingerprint density at radius 2 is 1.66 bits per heavy atom. The molecule has 0 bridgehead atoms. The largest absolute Gasteiger partial charge is 0.505 e. The number of benzene rings is 3. The highest BCUT2D eigenvalue weighted by Gasteiger charge is 2.70. The molecule has 0 spiro atoms. The second-order valence-electron chi connectivity index (χ2n) is 13.8. The summed E-state index contributed by atoms with van der Waals surface area (Å²) in [5.41, 5.74) is 4.65. The molecule has 3 fully saturated rings. The highest BCUT2D eigenvalue weighted by molar-refractivity contribution is 6.13. The lowest BCUT2D eigenvalue weighted by atomic mass is 9.49. The van der Waals surface area contributed by atoms with Crippen LogP contribution in [0.4, 0.5) is 10.1 Å². The lowest BCUT2D eigenvalue weighted by Crippen LogP contribution is -2.53. The second-order valence-corrected chi connectivity index (χ2v) is 13.8. The SMILES string of the molecule is Cc1ccc(NN2C(=O)C3CC4C(=CCC5C(=O)N(CCCCCC(=O)O)C(=O)C54)C(c4ccc(O)c(F)c4)C3(c3ccccc3)C2=O)cc1. The molecular weight excluding hydrogens is 641 g/mol. The summed E-state index contributed by atoms with van der Waals surface area (Å²) in [5.74, 6) is -7.89. The minimum atomic E-state index is -1.54. The van der Waals surface area contributed by atoms with Crippen molar-refractivity contribution in [2.45, 2.75) is 56.8 Å². The molecule has 4 aliphatic rings. The van der Waals surface area contributed by atoms with Gasteiger partial charge in [0, 0.05) is 18.9 Å². The third-order valence-electron chi connectivity index (χ3n) is 11.1. The lowest BCUT2D eigenvalue weighted by molar-refractivity contribution is -0.141. The van der Waals surface area contributed by atoms with E-state index in [9.17, 15) is 24.3 Å². The molecule has 1 saturated carbocycles. The van der Waals surface area contributed by atoms with E-state index in [1.54, 1.807) is 42.5 Å². The number of phenolic OH excluding ortho intramolecular Hbond substituents is 1. The number of amides is 4. The van der Waals surface area contributed by atoms with Gasteiger partial charge in [-0.3, -0.25) is 34.3 Å². The number of nitrogens with one attached hydrogen (secondary N) is 1. The summed E-state index contributed by atoms with van der Waals surface area (Å²) >= 11 is 0. The van der Waals surface area contributed by atoms with Crippen molar-refractivity contribution < 1.29 is 38.6 Å². The molecule has 2 heterocycles. The second kappa shape index (κ2) is 12.9. The average Bonchev–Trinajstić information content (AvgIpc) is 3.47. The predicted octanol–water partition coefficient (Wildman–Crippen LogP) is 5.47. The van der Waals surface area contributed by atoms with Gasteiger partial charge in [0.05, 0.1) is 28.9 Å². The molecule has 7 rings (SSSR count). The van der Waals surface area contributed by atoms with E-state index in [0.717, 1.165) is 10.6 Å². The minimum Gasteiger partial charge on any atom is -0.505 e. The lowest BCUT2D eigenvalue weighted by Gasteiger charge is -2.50. The Kier molecular flexibility index (Phi) is 8.53. The molecule has 6 unspecified atom stereocenters. The standard InChI is InChI=1S/C39H38FN3O7/c1-22-11-14-25(15-12-22)41-43-36(48)29-21-28-26(16-17-27-33(28)37(49)42(35(27)47)19-7-3-6-10-32(45)46)34(23-13-18-31(44)30(40)20-23)39(29,38(43)50)24-8-4-2-5-9-24/h2,4-5,8-9,11-16,18,20,27-29,33-34,41,44H,3,6-7,10,17,19,21H2,1H3,(H,45,46). The number of carbonyl (C=O) groups is 5. The van der Waals surface area contributed by atoms with E-state index in [1.807, 2.05) is 31.2 Å². The zero-order chi connectivity index (χ0) is 35.3. The number of allylic oxidation sites excluding steroid dienone is 2. The monoisotopic (exact) mass is 679 g/mol. The number of hydrogen-bond acceptors (Lipinski definition) is 7. The molecule has 2 aliphatic heterocycles. The van der Waals surface area contributed by atoms with Crippen LogP contribution in [0.3, 0.4) is 0 Å². The van der Waals surface area contributed by atoms with Crippen LogP contribution in [0.2, 0.25) is 0 Å². The molecule has 10 nitrogen and oxygen atoms in total. The Bertz CT molecular complexity index is 1910. The number of hydrazine groups is 1. The summed E-state index contributed by atoms with van der Waals surface area (Å²) in [5, 5.41) is 20.2. The number of phenols is 1. The number of carbonyl (C=O) groups excluding carboxylic acids is 4. The Labute approximate surface area is 288 Å². The molecule has 0 aromatic heterocycles. The number of aromatic hydroxyl groups is 1. The summed E-state index contributed by atoms with van der Waals surface area (Å²) in [6, 6.07) is 20.2. The number of unbranched alkanes of at least 4 members (excludes halogenated alkanes) is 2. The summed E-state index contributed by atoms with van der Waals surface area (Å²) in [7, 11) is 0. The Morgan fingerprint density at radius 1 is 0.920 bits per heavy atom. The fourth-order valence-corrected chi connectivity index (χ4v) is 8.83. The first-order valence-electron chi connectivity index (χ1n) is 17.1. The van der Waals surface area contributed by atoms with Gasteiger partial charge in [-0.2, -0.15) is 5.01 Å². The summed E-state index contributed by atoms with van der Waals surface area (Å²) in [6.07, 6.45) is 3.70. The number of halogens is 1. The summed E-state index contributed by atoms with van der Waals surface area (Å²) < 4.78 is 15.2. The molecule has 0 radical (unpaired) electrons. The fourth-order valence-electron chi connectivity index (χ4n) is 8.83. The molecule has 2 saturated heterocycles. The van der Waals surface area contributed by atoms with Gasteiger partial charge in [0.15, 0.2) is 11.6 Å². The molecular formula is C39H38FN3O7. The number of hydrogen-bond donors (Lipinski definition) is 3. The van der Waals surface area contributed by atoms with E-state index in [2.05, 4.69) is 5.43 Å². The van der Waals surface area contributed by atoms with E-state index in [1.165, 1.54) is 17.0 Å². The highest BCUT2D eigenvalue weighted by atomic mass is 19.1. The van der Waals surface area contributed by atoms with Crippen molar-refractivity contribution >= 4 is 35.3 Å². The van der Waals surface area contributed by atoms with Gasteiger partial charge in [-0.05, 0) is 73.9 Å². The normalized spacial score (nSPS) is 27.2. The molecule has 4 amide bonds. The molecule has 50 heavy (non-hydrogen) atoms. The van der Waals surface area contributed by atoms with E-state index in [4.69, 9.17) is 5.11 Å². The highest BCUT2D eigenvalue weighted by Crippen LogP contribution is 2.64. The first-order chi connectivity index (χ1) is 24.0. The van der Waals surface area contributed by atoms with Gasteiger partial charge < -0.3 is 10.2 Å². The van der Waals surface area contributed by atoms with Crippen LogP contribution >= 0.6 is 0 Å². The first kappa shape index (κ1) is 33.2. The van der Waals surface area contributed by atoms with Crippen LogP contribution in [0, 0.1) is 36.4 Å². The third-order valence-corrected chi connectivity index (χ3v) is 11.1. The van der Waals surface area contributed by atoms with Crippen molar-refractivity contribution in [3.8, 4) is 5.75 Å². The van der Waals surface area contributed by atoms with Crippen LogP contribution in [0.15, 0.2) is 84.4 Å². The van der Waals surface area contributed by atoms with Crippen LogP contribution in [0.1, 0.15) is 61.1 Å². The Morgan fingerprint density at radius 3 is 2.36 bits per heavy atom. The van der Waals surface area contributed by atoms with Crippen molar-refractivity contribution in [1.82, 2.24) is 9.91 Å². The van der Waals surface area contributed by atoms with E-state index in [-0.39, 0.29) is 37.6 Å². The number of aliphatic carboxylic acids is 1. The fraction of sp³-hybridized carbons (Fsp3) is 0.359. The minimum absolute atomic E-state index is 0.00876. The number of rotatable bonds is 10. The van der Waals surface area contributed by atoms with Crippen LogP contribution in [0.25, 0.3) is 0 Å². The molecule has 3 N–H and O–H groups in total. The van der Waals surface area contributed by atoms with Gasteiger partial charge in [0.2, 0.25) is 11.8 Å². The van der Waals surface area contributed by atoms with E-state index < -0.39 is 64.4 Å². The van der Waals surface area contributed by atoms with Gasteiger partial charge in [0.1, 0.15) is 0 Å². The third kappa shape index (κ3) is 5.26. The van der Waals surface area contributed by atoms with E-state index in [0.29, 0.717) is 41.6 Å². The maximum atomic E-state index is 15.2. The topological polar surface area (TPSA) is 144 Å². The smallest absolute Gasteiger partial charge is 0.303 e. The number of aryl methyl sites for hydroxylation is 1. The zero-order valence-electron chi connectivity index (χ0n) is 27.6. The van der Waals surface area contributed by atoms with Crippen LogP contribution < -0.4 is 5.43 Å². The number of imide groups is 2. The van der Waals surface area contributed by atoms with Crippen molar-refractivity contribution in [2.24, 2.45) is 23.7 Å². The number of likely N-dealkylation sites (tertiary alicyclic amines) is 1. The molecule has 11 heteroatoms. The van der Waals surface area contributed by atoms with Gasteiger partial charge >= 0.3 is 5.97 Å². The molecule has 3 aromatic rings. The maximum Gasteiger partial charge on any atom is 0.303 e. The van der Waals surface area contributed by atoms with Crippen molar-refractivity contribution in [2.75, 3.05) is 12.0 Å². The number of nitrogens with zero attached hydrogens (tertiary/aromatic N) is 2. The van der Waals surface area contributed by atoms with Gasteiger partial charge in [-0.1, -0.05) is 72.2 Å². The van der Waals surface area contributed by atoms with Crippen LogP contribution in [0.5, 0.6) is 5.75 Å². The predicted molar refractivity (Wildman–Crippen MR) is 180 cm³/mol. The Balaban J connectivity index is 1.33. The first-order valence-corrected chi connectivity index (χ1v) is 17.1. The Hall–Kier alpha value is -5.32.